The van der Waals surface area contributed by atoms with Crippen molar-refractivity contribution >= 4 is 47.2 Å². The van der Waals surface area contributed by atoms with Gasteiger partial charge in [-0.05, 0) is 39.2 Å². The predicted octanol–water partition coefficient (Wildman–Crippen LogP) is 2.32. The Labute approximate surface area is 190 Å². The van der Waals surface area contributed by atoms with Gasteiger partial charge in [0.05, 0.1) is 12.6 Å². The van der Waals surface area contributed by atoms with Gasteiger partial charge in [-0.25, -0.2) is 9.98 Å². The number of aliphatic imine (C=N–C) groups is 1. The van der Waals surface area contributed by atoms with Crippen LogP contribution < -0.4 is 10.6 Å². The van der Waals surface area contributed by atoms with Crippen molar-refractivity contribution in [3.8, 4) is 0 Å². The monoisotopic (exact) mass is 522 g/mol. The summed E-state index contributed by atoms with van der Waals surface area (Å²) >= 11 is 1.73. The summed E-state index contributed by atoms with van der Waals surface area (Å²) in [5.41, 5.74) is 0. The molecule has 160 valence electrons. The van der Waals surface area contributed by atoms with Crippen molar-refractivity contribution < 1.29 is 4.79 Å². The number of likely N-dealkylation sites (tertiary alicyclic amines) is 1. The number of hydrogen-bond donors (Lipinski definition) is 2. The molecular formula is C19H35IN6OS. The topological polar surface area (TPSA) is 72.9 Å². The highest BCUT2D eigenvalue weighted by atomic mass is 127. The molecule has 2 heterocycles. The number of hydrogen-bond acceptors (Lipinski definition) is 5. The molecule has 0 radical (unpaired) electrons. The Kier molecular flexibility index (Phi) is 11.9. The van der Waals surface area contributed by atoms with Crippen LogP contribution >= 0.6 is 35.3 Å². The van der Waals surface area contributed by atoms with Gasteiger partial charge in [0.2, 0.25) is 5.91 Å². The van der Waals surface area contributed by atoms with Crippen LogP contribution in [0, 0.1) is 0 Å². The van der Waals surface area contributed by atoms with Crippen molar-refractivity contribution in [3.63, 3.8) is 0 Å². The van der Waals surface area contributed by atoms with Crippen molar-refractivity contribution in [1.29, 1.82) is 0 Å². The summed E-state index contributed by atoms with van der Waals surface area (Å²) in [6.45, 7) is 8.43. The lowest BCUT2D eigenvalue weighted by Gasteiger charge is -2.26. The van der Waals surface area contributed by atoms with Crippen LogP contribution in [0.1, 0.15) is 43.0 Å². The Morgan fingerprint density at radius 1 is 1.39 bits per heavy atom. The molecule has 0 aromatic carbocycles. The van der Waals surface area contributed by atoms with Crippen molar-refractivity contribution in [1.82, 2.24) is 25.4 Å². The van der Waals surface area contributed by atoms with Crippen LogP contribution in [0.15, 0.2) is 11.2 Å². The quantitative estimate of drug-likeness (QED) is 0.226. The maximum atomic E-state index is 12.3. The molecule has 1 fully saturated rings. The van der Waals surface area contributed by atoms with E-state index < -0.39 is 0 Å². The molecular weight excluding hydrogens is 487 g/mol. The zero-order valence-corrected chi connectivity index (χ0v) is 20.7. The first-order valence-electron chi connectivity index (χ1n) is 9.96. The number of carbonyl (C=O) groups excluding carboxylic acids is 1. The molecule has 1 saturated heterocycles. The Bertz CT molecular complexity index is 621. The molecule has 1 atom stereocenters. The van der Waals surface area contributed by atoms with Crippen LogP contribution in [0.5, 0.6) is 0 Å². The van der Waals surface area contributed by atoms with Gasteiger partial charge in [-0.15, -0.1) is 35.3 Å². The first-order chi connectivity index (χ1) is 13.0. The van der Waals surface area contributed by atoms with Gasteiger partial charge >= 0.3 is 0 Å². The average Bonchev–Trinajstić information content (AvgIpc) is 3.31. The summed E-state index contributed by atoms with van der Waals surface area (Å²) in [4.78, 5) is 26.6. The lowest BCUT2D eigenvalue weighted by atomic mass is 10.2. The number of nitrogens with zero attached hydrogens (tertiary/aromatic N) is 4. The summed E-state index contributed by atoms with van der Waals surface area (Å²) < 4.78 is 0. The molecule has 1 aromatic rings. The highest BCUT2D eigenvalue weighted by molar-refractivity contribution is 14.0. The lowest BCUT2D eigenvalue weighted by Crippen LogP contribution is -2.44. The fraction of sp³-hybridized carbons (Fsp3) is 0.737. The fourth-order valence-electron chi connectivity index (χ4n) is 3.23. The van der Waals surface area contributed by atoms with E-state index in [1.807, 2.05) is 20.3 Å². The molecule has 1 aromatic heterocycles. The van der Waals surface area contributed by atoms with Crippen molar-refractivity contribution in [3.05, 3.63) is 16.1 Å². The minimum atomic E-state index is 0. The van der Waals surface area contributed by atoms with Gasteiger partial charge in [-0.1, -0.05) is 6.92 Å². The number of likely N-dealkylation sites (N-methyl/N-ethyl adjacent to an activating group) is 1. The summed E-state index contributed by atoms with van der Waals surface area (Å²) in [6, 6.07) is 0.0552. The van der Waals surface area contributed by atoms with Gasteiger partial charge in [-0.3, -0.25) is 9.69 Å². The zero-order chi connectivity index (χ0) is 19.6. The molecule has 2 rings (SSSR count). The zero-order valence-electron chi connectivity index (χ0n) is 17.5. The van der Waals surface area contributed by atoms with Crippen LogP contribution in [0.4, 0.5) is 0 Å². The third kappa shape index (κ3) is 7.82. The largest absolute Gasteiger partial charge is 0.357 e. The third-order valence-electron chi connectivity index (χ3n) is 4.67. The molecule has 1 amide bonds. The van der Waals surface area contributed by atoms with Crippen molar-refractivity contribution in [2.45, 2.75) is 52.1 Å². The van der Waals surface area contributed by atoms with Crippen LogP contribution in [0.3, 0.4) is 0 Å². The van der Waals surface area contributed by atoms with E-state index >= 15 is 0 Å². The van der Waals surface area contributed by atoms with E-state index in [1.54, 1.807) is 16.2 Å². The average molecular weight is 523 g/mol. The number of amides is 1. The summed E-state index contributed by atoms with van der Waals surface area (Å²) in [7, 11) is 3.68. The summed E-state index contributed by atoms with van der Waals surface area (Å²) in [5, 5.41) is 7.73. The number of nitrogens with one attached hydrogen (secondary N) is 2. The van der Waals surface area contributed by atoms with Crippen LogP contribution in [-0.2, 0) is 17.8 Å². The summed E-state index contributed by atoms with van der Waals surface area (Å²) in [5.74, 6) is 1.05. The number of aromatic nitrogens is 1. The lowest BCUT2D eigenvalue weighted by molar-refractivity contribution is -0.133. The molecule has 0 aliphatic carbocycles. The van der Waals surface area contributed by atoms with Gasteiger partial charge in [0.25, 0.3) is 0 Å². The number of aryl methyl sites for hydroxylation is 1. The maximum Gasteiger partial charge on any atom is 0.239 e. The molecule has 0 saturated carbocycles. The van der Waals surface area contributed by atoms with E-state index in [4.69, 9.17) is 0 Å². The second kappa shape index (κ2) is 13.3. The first-order valence-corrected chi connectivity index (χ1v) is 10.8. The molecule has 7 nitrogen and oxygen atoms in total. The fourth-order valence-corrected chi connectivity index (χ4v) is 4.02. The van der Waals surface area contributed by atoms with Crippen molar-refractivity contribution in [2.24, 2.45) is 4.99 Å². The van der Waals surface area contributed by atoms with Gasteiger partial charge in [0.15, 0.2) is 5.96 Å². The second-order valence-corrected chi connectivity index (χ2v) is 8.18. The highest BCUT2D eigenvalue weighted by Crippen LogP contribution is 2.18. The van der Waals surface area contributed by atoms with Crippen LogP contribution in [0.25, 0.3) is 0 Å². The standard InChI is InChI=1S/C19H34N6OS.HI/c1-5-15-13-22-17(27-15)14-23-19(20-6-2)21-10-8-12-25-11-7-9-16(25)18(26)24(3)4;/h13,16H,5-12,14H2,1-4H3,(H2,20,21,23);1H. The second-order valence-electron chi connectivity index (χ2n) is 6.98. The number of carbonyl (C=O) groups is 1. The number of rotatable bonds is 9. The minimum absolute atomic E-state index is 0. The SMILES string of the molecule is CCNC(=NCc1ncc(CC)s1)NCCCN1CCCC1C(=O)N(C)C.I. The molecule has 0 bridgehead atoms. The maximum absolute atomic E-state index is 12.3. The summed E-state index contributed by atoms with van der Waals surface area (Å²) in [6.07, 6.45) is 6.03. The molecule has 1 aliphatic heterocycles. The van der Waals surface area contributed by atoms with E-state index in [1.165, 1.54) is 4.88 Å². The molecule has 2 N–H and O–H groups in total. The highest BCUT2D eigenvalue weighted by Gasteiger charge is 2.30. The Hall–Kier alpha value is -0.940. The minimum Gasteiger partial charge on any atom is -0.357 e. The Balaban J connectivity index is 0.00000392. The molecule has 0 spiro atoms. The van der Waals surface area contributed by atoms with Crippen LogP contribution in [-0.4, -0.2) is 73.0 Å². The molecule has 28 heavy (non-hydrogen) atoms. The molecule has 1 unspecified atom stereocenters. The van der Waals surface area contributed by atoms with E-state index in [0.29, 0.717) is 6.54 Å². The van der Waals surface area contributed by atoms with E-state index in [2.05, 4.69) is 39.4 Å². The predicted molar refractivity (Wildman–Crippen MR) is 128 cm³/mol. The van der Waals surface area contributed by atoms with Gasteiger partial charge in [0.1, 0.15) is 5.01 Å². The van der Waals surface area contributed by atoms with Gasteiger partial charge < -0.3 is 15.5 Å². The normalized spacial score (nSPS) is 17.3. The first kappa shape index (κ1) is 25.1. The number of thiazole rings is 1. The van der Waals surface area contributed by atoms with Gasteiger partial charge in [0, 0.05) is 44.8 Å². The smallest absolute Gasteiger partial charge is 0.239 e. The third-order valence-corrected chi connectivity index (χ3v) is 5.80. The number of guanidine groups is 1. The Morgan fingerprint density at radius 2 is 2.18 bits per heavy atom. The van der Waals surface area contributed by atoms with E-state index in [-0.39, 0.29) is 35.9 Å². The van der Waals surface area contributed by atoms with Crippen LogP contribution in [0.2, 0.25) is 0 Å². The number of halogens is 1. The van der Waals surface area contributed by atoms with Crippen molar-refractivity contribution in [2.75, 3.05) is 40.3 Å². The molecule has 1 aliphatic rings. The van der Waals surface area contributed by atoms with E-state index in [9.17, 15) is 4.79 Å². The molecule has 9 heteroatoms. The van der Waals surface area contributed by atoms with Gasteiger partial charge in [-0.2, -0.15) is 0 Å². The van der Waals surface area contributed by atoms with E-state index in [0.717, 1.165) is 62.8 Å². The Morgan fingerprint density at radius 3 is 2.82 bits per heavy atom.